The summed E-state index contributed by atoms with van der Waals surface area (Å²) in [5.41, 5.74) is 1.34. The molecule has 0 bridgehead atoms. The lowest BCUT2D eigenvalue weighted by Crippen LogP contribution is -2.32. The predicted octanol–water partition coefficient (Wildman–Crippen LogP) is 2.94. The quantitative estimate of drug-likeness (QED) is 0.634. The number of amides is 2. The summed E-state index contributed by atoms with van der Waals surface area (Å²) in [7, 11) is 0. The number of hydrogen-bond donors (Lipinski definition) is 2. The topological polar surface area (TPSA) is 90.5 Å². The monoisotopic (exact) mass is 410 g/mol. The van der Waals surface area contributed by atoms with Gasteiger partial charge in [-0.05, 0) is 29.8 Å². The third-order valence-corrected chi connectivity index (χ3v) is 7.49. The first-order valence-corrected chi connectivity index (χ1v) is 10.4. The number of para-hydroxylation sites is 1. The first kappa shape index (κ1) is 17.3. The Kier molecular flexibility index (Phi) is 3.92. The molecule has 3 heterocycles. The number of imide groups is 1. The smallest absolute Gasteiger partial charge is 0.305 e. The molecule has 0 unspecified atom stereocenters. The second kappa shape index (κ2) is 6.35. The number of phenolic OH excluding ortho intramolecular Hbond substituents is 1. The molecule has 2 amide bonds. The van der Waals surface area contributed by atoms with Crippen LogP contribution in [-0.4, -0.2) is 27.2 Å². The van der Waals surface area contributed by atoms with Crippen molar-refractivity contribution < 1.29 is 14.7 Å². The lowest BCUT2D eigenvalue weighted by atomic mass is 9.83. The Morgan fingerprint density at radius 1 is 0.929 bits per heavy atom. The second-order valence-electron chi connectivity index (χ2n) is 6.69. The van der Waals surface area contributed by atoms with Crippen LogP contribution in [0.25, 0.3) is 0 Å². The molecule has 0 spiro atoms. The molecule has 6 nitrogen and oxygen atoms in total. The van der Waals surface area contributed by atoms with Crippen LogP contribution < -0.4 is 9.77 Å². The Bertz CT molecular complexity index is 1140. The molecule has 2 aliphatic heterocycles. The van der Waals surface area contributed by atoms with Crippen LogP contribution in [0.3, 0.4) is 0 Å². The van der Waals surface area contributed by atoms with Crippen LogP contribution in [0.5, 0.6) is 5.75 Å². The van der Waals surface area contributed by atoms with E-state index in [1.165, 1.54) is 16.7 Å². The van der Waals surface area contributed by atoms with Gasteiger partial charge in [0.1, 0.15) is 11.0 Å². The van der Waals surface area contributed by atoms with Crippen molar-refractivity contribution in [3.8, 4) is 5.75 Å². The SMILES string of the molecule is O=C1[C@H]2[C@H](c3ccc(O)cc3)c3sc(=O)[nH]c3S[C@H]2C(=O)N1c1ccccc1. The van der Waals surface area contributed by atoms with E-state index in [0.717, 1.165) is 21.8 Å². The highest BCUT2D eigenvalue weighted by Gasteiger charge is 2.56. The van der Waals surface area contributed by atoms with Gasteiger partial charge in [0.05, 0.1) is 16.6 Å². The summed E-state index contributed by atoms with van der Waals surface area (Å²) in [6, 6.07) is 15.5. The number of phenols is 1. The van der Waals surface area contributed by atoms with Gasteiger partial charge in [-0.3, -0.25) is 14.4 Å². The Morgan fingerprint density at radius 3 is 2.36 bits per heavy atom. The minimum atomic E-state index is -0.610. The zero-order valence-electron chi connectivity index (χ0n) is 14.4. The fourth-order valence-corrected chi connectivity index (χ4v) is 6.40. The third kappa shape index (κ3) is 2.52. The van der Waals surface area contributed by atoms with Crippen molar-refractivity contribution in [3.63, 3.8) is 0 Å². The van der Waals surface area contributed by atoms with Crippen molar-refractivity contribution >= 4 is 40.6 Å². The van der Waals surface area contributed by atoms with Gasteiger partial charge in [0.15, 0.2) is 0 Å². The van der Waals surface area contributed by atoms with Crippen molar-refractivity contribution in [3.05, 3.63) is 74.7 Å². The Labute approximate surface area is 167 Å². The molecule has 2 aromatic carbocycles. The van der Waals surface area contributed by atoms with Gasteiger partial charge < -0.3 is 10.1 Å². The number of H-pyrrole nitrogens is 1. The molecule has 5 rings (SSSR count). The van der Waals surface area contributed by atoms with Crippen molar-refractivity contribution in [1.29, 1.82) is 0 Å². The number of nitrogens with zero attached hydrogens (tertiary/aromatic N) is 1. The van der Waals surface area contributed by atoms with Gasteiger partial charge in [-0.15, -0.1) is 0 Å². The molecule has 0 saturated carbocycles. The zero-order valence-corrected chi connectivity index (χ0v) is 16.0. The highest BCUT2D eigenvalue weighted by molar-refractivity contribution is 8.00. The van der Waals surface area contributed by atoms with E-state index in [1.807, 2.05) is 6.07 Å². The number of aromatic hydroxyl groups is 1. The van der Waals surface area contributed by atoms with Gasteiger partial charge >= 0.3 is 4.87 Å². The number of thiazole rings is 1. The Hall–Kier alpha value is -2.84. The summed E-state index contributed by atoms with van der Waals surface area (Å²) in [5.74, 6) is -1.45. The number of aromatic amines is 1. The Balaban J connectivity index is 1.66. The molecule has 1 fully saturated rings. The summed E-state index contributed by atoms with van der Waals surface area (Å²) in [6.07, 6.45) is 0. The van der Waals surface area contributed by atoms with Gasteiger partial charge in [0.25, 0.3) is 0 Å². The second-order valence-corrected chi connectivity index (χ2v) is 8.86. The summed E-state index contributed by atoms with van der Waals surface area (Å²) in [5, 5.41) is 9.68. The number of carbonyl (C=O) groups excluding carboxylic acids is 2. The van der Waals surface area contributed by atoms with Gasteiger partial charge in [-0.2, -0.15) is 0 Å². The molecule has 2 N–H and O–H groups in total. The van der Waals surface area contributed by atoms with Crippen LogP contribution >= 0.6 is 23.1 Å². The fourth-order valence-electron chi connectivity index (χ4n) is 3.89. The summed E-state index contributed by atoms with van der Waals surface area (Å²) in [6.45, 7) is 0. The lowest BCUT2D eigenvalue weighted by molar-refractivity contribution is -0.122. The highest BCUT2D eigenvalue weighted by atomic mass is 32.2. The van der Waals surface area contributed by atoms with Crippen LogP contribution in [0.15, 0.2) is 64.4 Å². The number of nitrogens with one attached hydrogen (secondary N) is 1. The van der Waals surface area contributed by atoms with Crippen molar-refractivity contribution in [2.45, 2.75) is 16.2 Å². The minimum Gasteiger partial charge on any atom is -0.508 e. The van der Waals surface area contributed by atoms with Gasteiger partial charge in [0.2, 0.25) is 11.8 Å². The zero-order chi connectivity index (χ0) is 19.4. The maximum Gasteiger partial charge on any atom is 0.305 e. The summed E-state index contributed by atoms with van der Waals surface area (Å²) >= 11 is 2.32. The summed E-state index contributed by atoms with van der Waals surface area (Å²) in [4.78, 5) is 43.1. The van der Waals surface area contributed by atoms with Crippen molar-refractivity contribution in [2.24, 2.45) is 5.92 Å². The van der Waals surface area contributed by atoms with E-state index in [0.29, 0.717) is 10.7 Å². The number of fused-ring (bicyclic) bond motifs is 2. The molecule has 0 radical (unpaired) electrons. The third-order valence-electron chi connectivity index (χ3n) is 5.09. The molecular weight excluding hydrogens is 396 g/mol. The van der Waals surface area contributed by atoms with Gasteiger partial charge in [0, 0.05) is 10.8 Å². The average Bonchev–Trinajstić information content (AvgIpc) is 3.18. The van der Waals surface area contributed by atoms with E-state index in [4.69, 9.17) is 0 Å². The first-order valence-electron chi connectivity index (χ1n) is 8.66. The molecule has 8 heteroatoms. The normalized spacial score (nSPS) is 23.6. The number of aromatic nitrogens is 1. The number of hydrogen-bond acceptors (Lipinski definition) is 6. The molecule has 1 aromatic heterocycles. The van der Waals surface area contributed by atoms with Crippen LogP contribution in [0, 0.1) is 5.92 Å². The fraction of sp³-hybridized carbons (Fsp3) is 0.150. The Morgan fingerprint density at radius 2 is 1.64 bits per heavy atom. The molecule has 140 valence electrons. The molecule has 0 aliphatic carbocycles. The van der Waals surface area contributed by atoms with E-state index in [2.05, 4.69) is 4.98 Å². The van der Waals surface area contributed by atoms with Crippen molar-refractivity contribution in [1.82, 2.24) is 4.98 Å². The molecule has 1 saturated heterocycles. The van der Waals surface area contributed by atoms with Crippen LogP contribution in [-0.2, 0) is 9.59 Å². The average molecular weight is 410 g/mol. The van der Waals surface area contributed by atoms with Crippen LogP contribution in [0.2, 0.25) is 0 Å². The van der Waals surface area contributed by atoms with Crippen molar-refractivity contribution in [2.75, 3.05) is 4.90 Å². The predicted molar refractivity (Wildman–Crippen MR) is 107 cm³/mol. The first-order chi connectivity index (χ1) is 13.5. The molecule has 2 aliphatic rings. The number of carbonyl (C=O) groups is 2. The number of rotatable bonds is 2. The molecule has 3 aromatic rings. The lowest BCUT2D eigenvalue weighted by Gasteiger charge is -2.29. The number of benzene rings is 2. The maximum absolute atomic E-state index is 13.4. The van der Waals surface area contributed by atoms with E-state index < -0.39 is 17.1 Å². The van der Waals surface area contributed by atoms with Crippen LogP contribution in [0.1, 0.15) is 16.4 Å². The minimum absolute atomic E-state index is 0.118. The number of thioether (sulfide) groups is 1. The van der Waals surface area contributed by atoms with E-state index in [9.17, 15) is 19.5 Å². The van der Waals surface area contributed by atoms with Crippen LogP contribution in [0.4, 0.5) is 5.69 Å². The standard InChI is InChI=1S/C20H14N2O4S2/c23-12-8-6-10(7-9-12)13-14-16(27-17-15(13)28-20(26)21-17)19(25)22(18(14)24)11-4-2-1-3-5-11/h1-9,13-14,16,23H,(H,21,26)/t13-,14-,16+/m0/s1. The summed E-state index contributed by atoms with van der Waals surface area (Å²) < 4.78 is 0. The largest absolute Gasteiger partial charge is 0.508 e. The van der Waals surface area contributed by atoms with Gasteiger partial charge in [-0.1, -0.05) is 53.4 Å². The number of anilines is 1. The van der Waals surface area contributed by atoms with E-state index in [-0.39, 0.29) is 22.4 Å². The van der Waals surface area contributed by atoms with Gasteiger partial charge in [-0.25, -0.2) is 4.90 Å². The molecule has 3 atom stereocenters. The molecular formula is C20H14N2O4S2. The van der Waals surface area contributed by atoms with E-state index >= 15 is 0 Å². The highest BCUT2D eigenvalue weighted by Crippen LogP contribution is 2.53. The maximum atomic E-state index is 13.4. The van der Waals surface area contributed by atoms with E-state index in [1.54, 1.807) is 48.5 Å². The molecule has 28 heavy (non-hydrogen) atoms.